The lowest BCUT2D eigenvalue weighted by molar-refractivity contribution is -0.685. The Hall–Kier alpha value is -5.94. The van der Waals surface area contributed by atoms with Crippen LogP contribution in [-0.2, 0) is 19.6 Å². The Bertz CT molecular complexity index is 3330. The third-order valence-electron chi connectivity index (χ3n) is 10.2. The summed E-state index contributed by atoms with van der Waals surface area (Å²) in [6.07, 6.45) is 8.12. The molecule has 6 heterocycles. The Balaban J connectivity index is 1.19. The summed E-state index contributed by atoms with van der Waals surface area (Å²) >= 11 is 8.10. The molecule has 0 radical (unpaired) electrons. The first-order chi connectivity index (χ1) is 29.3. The molecule has 60 heavy (non-hydrogen) atoms. The van der Waals surface area contributed by atoms with Crippen molar-refractivity contribution in [1.82, 2.24) is 14.1 Å². The molecule has 3 aromatic carbocycles. The van der Waals surface area contributed by atoms with Gasteiger partial charge < -0.3 is 14.4 Å². The maximum Gasteiger partial charge on any atom is 0.271 e. The van der Waals surface area contributed by atoms with Crippen LogP contribution in [0.4, 0.5) is 17.1 Å². The van der Waals surface area contributed by atoms with E-state index in [9.17, 15) is 15.3 Å². The number of fused-ring (bicyclic) bond motifs is 2. The maximum atomic E-state index is 13.9. The van der Waals surface area contributed by atoms with E-state index < -0.39 is 0 Å². The molecule has 15 heteroatoms. The topological polar surface area (TPSA) is 110 Å². The summed E-state index contributed by atoms with van der Waals surface area (Å²) in [4.78, 5) is 30.3. The van der Waals surface area contributed by atoms with Crippen molar-refractivity contribution in [3.05, 3.63) is 158 Å². The molecule has 0 saturated heterocycles. The molecule has 0 aliphatic carbocycles. The standard InChI is InChI=1S/C45H36N9OS5/c1-5-53-39(24-37-52(18-19-56-37)27-28-10-8-7-9-11-28)59-40(44-50(3)33-20-29(25-46)12-14-35(33)57-44)42(53)49-31-16-17-48-32(22-31)23-38-54(6-2)43(55)41(60-38)45-51(4)34-21-30(26-47)13-15-36(34)58-45/h7-24H,5-6,27H2,1-4H3/q+1/b38-23-,44-40+,45-41+,49-42?. The summed E-state index contributed by atoms with van der Waals surface area (Å²) in [5.74, 6) is 0. The van der Waals surface area contributed by atoms with Crippen molar-refractivity contribution in [2.24, 2.45) is 4.99 Å². The van der Waals surface area contributed by atoms with Crippen LogP contribution in [-0.4, -0.2) is 28.2 Å². The van der Waals surface area contributed by atoms with Gasteiger partial charge in [0.2, 0.25) is 0 Å². The van der Waals surface area contributed by atoms with Gasteiger partial charge in [0.05, 0.1) is 57.5 Å². The van der Waals surface area contributed by atoms with E-state index in [0.717, 1.165) is 67.8 Å². The fourth-order valence-electron chi connectivity index (χ4n) is 7.18. The third kappa shape index (κ3) is 7.33. The van der Waals surface area contributed by atoms with Gasteiger partial charge in [-0.25, -0.2) is 4.99 Å². The van der Waals surface area contributed by atoms with Gasteiger partial charge in [-0.1, -0.05) is 65.2 Å². The molecule has 2 aliphatic heterocycles. The maximum absolute atomic E-state index is 13.9. The normalized spacial score (nSPS) is 16.1. The number of benzene rings is 3. The van der Waals surface area contributed by atoms with Gasteiger partial charge >= 0.3 is 0 Å². The minimum Gasteiger partial charge on any atom is -0.337 e. The smallest absolute Gasteiger partial charge is 0.271 e. The van der Waals surface area contributed by atoms with Crippen LogP contribution < -0.4 is 43.8 Å². The van der Waals surface area contributed by atoms with Gasteiger partial charge in [-0.3, -0.25) is 14.3 Å². The summed E-state index contributed by atoms with van der Waals surface area (Å²) in [6.45, 7) is 6.08. The second-order valence-corrected chi connectivity index (χ2v) is 18.9. The van der Waals surface area contributed by atoms with Crippen molar-refractivity contribution in [1.29, 1.82) is 10.5 Å². The molecule has 0 fully saturated rings. The fraction of sp³-hybridized carbons (Fsp3) is 0.156. The van der Waals surface area contributed by atoms with Crippen LogP contribution in [0.25, 0.3) is 22.2 Å². The highest BCUT2D eigenvalue weighted by Gasteiger charge is 2.27. The molecular weight excluding hydrogens is 843 g/mol. The second-order valence-electron chi connectivity index (χ2n) is 13.9. The van der Waals surface area contributed by atoms with E-state index in [0.29, 0.717) is 34.4 Å². The number of pyridine rings is 1. The second kappa shape index (κ2) is 16.6. The van der Waals surface area contributed by atoms with Gasteiger partial charge in [0, 0.05) is 48.7 Å². The number of thiazole rings is 3. The van der Waals surface area contributed by atoms with Gasteiger partial charge in [0.1, 0.15) is 28.4 Å². The fourth-order valence-corrected chi connectivity index (χ4v) is 13.0. The first-order valence-electron chi connectivity index (χ1n) is 19.1. The van der Waals surface area contributed by atoms with E-state index in [-0.39, 0.29) is 5.56 Å². The highest BCUT2D eigenvalue weighted by atomic mass is 32.2. The highest BCUT2D eigenvalue weighted by Crippen LogP contribution is 2.46. The van der Waals surface area contributed by atoms with Crippen LogP contribution in [0.1, 0.15) is 41.2 Å². The monoisotopic (exact) mass is 878 g/mol. The zero-order chi connectivity index (χ0) is 41.5. The first kappa shape index (κ1) is 39.5. The van der Waals surface area contributed by atoms with E-state index in [2.05, 4.69) is 82.1 Å². The van der Waals surface area contributed by atoms with Gasteiger partial charge in [-0.05, 0) is 68.5 Å². The first-order valence-corrected chi connectivity index (χ1v) is 23.3. The molecule has 2 aliphatic rings. The number of anilines is 2. The number of hydrogen-bond donors (Lipinski definition) is 0. The van der Waals surface area contributed by atoms with Crippen LogP contribution in [0.5, 0.6) is 0 Å². The van der Waals surface area contributed by atoms with Crippen molar-refractivity contribution >= 4 is 96.8 Å². The van der Waals surface area contributed by atoms with Crippen LogP contribution in [0.3, 0.4) is 0 Å². The van der Waals surface area contributed by atoms with Gasteiger partial charge in [0.25, 0.3) is 10.6 Å². The molecule has 0 amide bonds. The molecule has 10 nitrogen and oxygen atoms in total. The Morgan fingerprint density at radius 2 is 1.42 bits per heavy atom. The minimum atomic E-state index is -0.0538. The molecule has 0 saturated carbocycles. The van der Waals surface area contributed by atoms with Crippen molar-refractivity contribution < 1.29 is 4.57 Å². The van der Waals surface area contributed by atoms with Gasteiger partial charge in [-0.2, -0.15) is 15.1 Å². The lowest BCUT2D eigenvalue weighted by Crippen LogP contribution is -2.36. The van der Waals surface area contributed by atoms with Crippen LogP contribution in [0, 0.1) is 22.7 Å². The van der Waals surface area contributed by atoms with E-state index in [1.807, 2.05) is 79.5 Å². The van der Waals surface area contributed by atoms with Crippen molar-refractivity contribution in [2.75, 3.05) is 23.9 Å². The summed E-state index contributed by atoms with van der Waals surface area (Å²) in [7, 11) is 3.99. The zero-order valence-corrected chi connectivity index (χ0v) is 37.1. The zero-order valence-electron chi connectivity index (χ0n) is 33.0. The van der Waals surface area contributed by atoms with Gasteiger partial charge in [0.15, 0.2) is 18.2 Å². The number of nitrogens with zero attached hydrogens (tertiary/aromatic N) is 9. The third-order valence-corrected chi connectivity index (χ3v) is 16.0. The number of nitriles is 2. The molecular formula is C45H36N9OS5+. The Morgan fingerprint density at radius 1 is 0.783 bits per heavy atom. The van der Waals surface area contributed by atoms with Crippen LogP contribution in [0.2, 0.25) is 0 Å². The minimum absolute atomic E-state index is 0.0538. The Morgan fingerprint density at radius 3 is 2.07 bits per heavy atom. The molecule has 0 spiro atoms. The summed E-state index contributed by atoms with van der Waals surface area (Å²) in [5.41, 5.74) is 6.56. The molecule has 296 valence electrons. The highest BCUT2D eigenvalue weighted by molar-refractivity contribution is 8.09. The quantitative estimate of drug-likeness (QED) is 0.184. The van der Waals surface area contributed by atoms with E-state index >= 15 is 0 Å². The predicted octanol–water partition coefficient (Wildman–Crippen LogP) is 5.85. The largest absolute Gasteiger partial charge is 0.337 e. The lowest BCUT2D eigenvalue weighted by Gasteiger charge is -2.12. The molecule has 0 N–H and O–H groups in total. The van der Waals surface area contributed by atoms with Crippen molar-refractivity contribution in [3.8, 4) is 12.1 Å². The van der Waals surface area contributed by atoms with Crippen molar-refractivity contribution in [3.63, 3.8) is 0 Å². The number of thioether (sulfide) groups is 2. The molecule has 0 atom stereocenters. The average molecular weight is 879 g/mol. The van der Waals surface area contributed by atoms with Gasteiger partial charge in [-0.15, -0.1) is 22.7 Å². The molecule has 9 rings (SSSR count). The average Bonchev–Trinajstić information content (AvgIpc) is 4.08. The predicted molar refractivity (Wildman–Crippen MR) is 245 cm³/mol. The molecule has 4 aromatic heterocycles. The van der Waals surface area contributed by atoms with E-state index in [1.165, 1.54) is 16.9 Å². The number of hydrogen-bond acceptors (Lipinski definition) is 12. The van der Waals surface area contributed by atoms with E-state index in [4.69, 9.17) is 9.98 Å². The summed E-state index contributed by atoms with van der Waals surface area (Å²) < 4.78 is 9.88. The Kier molecular flexibility index (Phi) is 10.9. The SMILES string of the molecule is CCn1c(=O)/c(=C2\Sc3ccc(C#N)cc3N2C)s/c1=C\c1cc(N=c2/c(=C3\Sc4ccc(C#N)cc4N3C)s/c(=C\c3scc[n+]3Cc3ccccc3)n2CC)ccn1. The molecule has 0 bridgehead atoms. The van der Waals surface area contributed by atoms with Crippen LogP contribution >= 0.6 is 57.5 Å². The van der Waals surface area contributed by atoms with Crippen molar-refractivity contribution in [2.45, 2.75) is 43.3 Å². The summed E-state index contributed by atoms with van der Waals surface area (Å²) in [5, 5.41) is 24.3. The number of aromatic nitrogens is 4. The van der Waals surface area contributed by atoms with E-state index in [1.54, 1.807) is 57.0 Å². The Labute approximate surface area is 366 Å². The number of rotatable bonds is 7. The van der Waals surface area contributed by atoms with Crippen LogP contribution in [0.15, 0.2) is 116 Å². The summed E-state index contributed by atoms with van der Waals surface area (Å²) in [6, 6.07) is 30.3. The molecule has 0 unspecified atom stereocenters. The lowest BCUT2D eigenvalue weighted by atomic mass is 10.2. The molecule has 7 aromatic rings.